The van der Waals surface area contributed by atoms with Crippen LogP contribution in [0.1, 0.15) is 38.8 Å². The Morgan fingerprint density at radius 1 is 0.632 bits per heavy atom. The molecule has 0 aliphatic rings. The van der Waals surface area contributed by atoms with Gasteiger partial charge in [-0.3, -0.25) is 27.6 Å². The second-order valence-corrected chi connectivity index (χ2v) is 11.5. The standard InChI is InChI=1S/2C13H18N2O3S/c2*1-3-19(18)13(15-10(2)16)12(17)14-9-11-7-5-4-6-8-11/h2*4-8,13H,3,9H2,1-2H3,(H,14,17)(H,15,16)/t2*13-,19+/m10/s1. The molecule has 0 saturated carbocycles. The number of nitrogens with one attached hydrogen (secondary N) is 4. The van der Waals surface area contributed by atoms with Gasteiger partial charge in [0.1, 0.15) is 0 Å². The fraction of sp³-hybridized carbons (Fsp3) is 0.385. The average molecular weight is 565 g/mol. The minimum Gasteiger partial charge on any atom is -0.349 e. The van der Waals surface area contributed by atoms with E-state index in [0.717, 1.165) is 11.1 Å². The van der Waals surface area contributed by atoms with Crippen LogP contribution >= 0.6 is 0 Å². The summed E-state index contributed by atoms with van der Waals surface area (Å²) in [5.41, 5.74) is 1.89. The van der Waals surface area contributed by atoms with Crippen LogP contribution < -0.4 is 21.3 Å². The van der Waals surface area contributed by atoms with E-state index in [2.05, 4.69) is 21.3 Å². The van der Waals surface area contributed by atoms with Gasteiger partial charge in [0, 0.05) is 38.4 Å². The Bertz CT molecular complexity index is 1010. The van der Waals surface area contributed by atoms with Gasteiger partial charge in [0.2, 0.25) is 11.8 Å². The molecule has 0 heterocycles. The lowest BCUT2D eigenvalue weighted by atomic mass is 10.2. The van der Waals surface area contributed by atoms with Gasteiger partial charge >= 0.3 is 0 Å². The van der Waals surface area contributed by atoms with Crippen molar-refractivity contribution in [2.75, 3.05) is 11.5 Å². The van der Waals surface area contributed by atoms with Crippen molar-refractivity contribution in [1.82, 2.24) is 21.3 Å². The largest absolute Gasteiger partial charge is 0.349 e. The molecule has 0 radical (unpaired) electrons. The number of benzene rings is 2. The molecule has 0 unspecified atom stereocenters. The molecule has 208 valence electrons. The number of carbonyl (C=O) groups excluding carboxylic acids is 4. The van der Waals surface area contributed by atoms with Gasteiger partial charge in [-0.25, -0.2) is 0 Å². The second kappa shape index (κ2) is 18.0. The van der Waals surface area contributed by atoms with Gasteiger partial charge in [-0.05, 0) is 11.1 Å². The zero-order valence-electron chi connectivity index (χ0n) is 22.0. The first-order valence-corrected chi connectivity index (χ1v) is 14.8. The predicted octanol–water partition coefficient (Wildman–Crippen LogP) is 1.07. The molecule has 0 saturated heterocycles. The van der Waals surface area contributed by atoms with Crippen LogP contribution in [0.2, 0.25) is 0 Å². The molecule has 0 aromatic heterocycles. The van der Waals surface area contributed by atoms with E-state index >= 15 is 0 Å². The lowest BCUT2D eigenvalue weighted by Crippen LogP contribution is -2.48. The highest BCUT2D eigenvalue weighted by Gasteiger charge is 2.25. The molecule has 2 rings (SSSR count). The monoisotopic (exact) mass is 564 g/mol. The minimum absolute atomic E-state index is 0.309. The molecule has 2 aromatic rings. The Kier molecular flexibility index (Phi) is 15.4. The fourth-order valence-corrected chi connectivity index (χ4v) is 4.87. The van der Waals surface area contributed by atoms with E-state index in [-0.39, 0.29) is 11.8 Å². The molecule has 0 bridgehead atoms. The highest BCUT2D eigenvalue weighted by atomic mass is 32.2. The first kappa shape index (κ1) is 32.6. The van der Waals surface area contributed by atoms with Gasteiger partial charge in [-0.2, -0.15) is 0 Å². The summed E-state index contributed by atoms with van der Waals surface area (Å²) in [6, 6.07) is 18.8. The lowest BCUT2D eigenvalue weighted by Gasteiger charge is -2.16. The Morgan fingerprint density at radius 2 is 0.947 bits per heavy atom. The van der Waals surface area contributed by atoms with Crippen molar-refractivity contribution in [1.29, 1.82) is 0 Å². The molecule has 0 aliphatic carbocycles. The van der Waals surface area contributed by atoms with Crippen LogP contribution in [0.15, 0.2) is 60.7 Å². The zero-order chi connectivity index (χ0) is 28.5. The van der Waals surface area contributed by atoms with Crippen LogP contribution in [0.5, 0.6) is 0 Å². The minimum atomic E-state index is -1.42. The van der Waals surface area contributed by atoms with E-state index in [9.17, 15) is 27.6 Å². The SMILES string of the molecule is CC[S@@](=O)[C@H](NC(C)=O)C(=O)NCc1ccccc1.CC[S@](=O)[C@@H](NC(C)=O)C(=O)NCc1ccccc1. The molecule has 4 amide bonds. The molecule has 0 fully saturated rings. The van der Waals surface area contributed by atoms with E-state index in [0.29, 0.717) is 24.6 Å². The molecule has 4 atom stereocenters. The Morgan fingerprint density at radius 3 is 1.21 bits per heavy atom. The third kappa shape index (κ3) is 12.7. The topological polar surface area (TPSA) is 151 Å². The molecular weight excluding hydrogens is 528 g/mol. The summed E-state index contributed by atoms with van der Waals surface area (Å²) < 4.78 is 23.5. The van der Waals surface area contributed by atoms with Crippen molar-refractivity contribution in [2.24, 2.45) is 0 Å². The van der Waals surface area contributed by atoms with Crippen LogP contribution in [-0.2, 0) is 53.9 Å². The third-order valence-corrected chi connectivity index (χ3v) is 7.71. The van der Waals surface area contributed by atoms with E-state index in [1.807, 2.05) is 60.7 Å². The predicted molar refractivity (Wildman–Crippen MR) is 149 cm³/mol. The molecule has 0 aliphatic heterocycles. The van der Waals surface area contributed by atoms with Gasteiger partial charge in [0.05, 0.1) is 21.6 Å². The number of hydrogen-bond acceptors (Lipinski definition) is 6. The second-order valence-electron chi connectivity index (χ2n) is 7.91. The van der Waals surface area contributed by atoms with Gasteiger partial charge < -0.3 is 21.3 Å². The van der Waals surface area contributed by atoms with Gasteiger partial charge in [-0.1, -0.05) is 74.5 Å². The smallest absolute Gasteiger partial charge is 0.256 e. The Balaban J connectivity index is 0.000000380. The number of hydrogen-bond donors (Lipinski definition) is 4. The summed E-state index contributed by atoms with van der Waals surface area (Å²) in [4.78, 5) is 45.9. The molecule has 4 N–H and O–H groups in total. The van der Waals surface area contributed by atoms with Gasteiger partial charge in [-0.15, -0.1) is 0 Å². The van der Waals surface area contributed by atoms with Crippen molar-refractivity contribution in [3.8, 4) is 0 Å². The maximum Gasteiger partial charge on any atom is 0.256 e. The quantitative estimate of drug-likeness (QED) is 0.303. The maximum absolute atomic E-state index is 11.9. The zero-order valence-corrected chi connectivity index (χ0v) is 23.7. The first-order valence-electron chi connectivity index (χ1n) is 12.0. The van der Waals surface area contributed by atoms with Crippen molar-refractivity contribution in [3.63, 3.8) is 0 Å². The normalized spacial score (nSPS) is 13.4. The molecule has 10 nitrogen and oxygen atoms in total. The Hall–Kier alpha value is -3.38. The molecule has 0 spiro atoms. The summed E-state index contributed by atoms with van der Waals surface area (Å²) in [6.45, 7) is 6.69. The van der Waals surface area contributed by atoms with E-state index in [1.54, 1.807) is 13.8 Å². The van der Waals surface area contributed by atoms with Crippen molar-refractivity contribution < 1.29 is 27.6 Å². The van der Waals surface area contributed by atoms with Crippen molar-refractivity contribution in [3.05, 3.63) is 71.8 Å². The summed E-state index contributed by atoms with van der Waals surface area (Å²) in [7, 11) is -2.83. The highest BCUT2D eigenvalue weighted by Crippen LogP contribution is 2.01. The highest BCUT2D eigenvalue weighted by molar-refractivity contribution is 7.86. The van der Waals surface area contributed by atoms with Gasteiger partial charge in [0.15, 0.2) is 10.7 Å². The first-order chi connectivity index (χ1) is 18.1. The average Bonchev–Trinajstić information content (AvgIpc) is 2.92. The summed E-state index contributed by atoms with van der Waals surface area (Å²) in [5.74, 6) is -0.991. The van der Waals surface area contributed by atoms with E-state index in [4.69, 9.17) is 0 Å². The van der Waals surface area contributed by atoms with Crippen LogP contribution in [0.25, 0.3) is 0 Å². The molecular formula is C26H36N4O6S2. The molecule has 12 heteroatoms. The van der Waals surface area contributed by atoms with Crippen molar-refractivity contribution >= 4 is 45.2 Å². The Labute approximate surface area is 228 Å². The number of carbonyl (C=O) groups is 4. The van der Waals surface area contributed by atoms with Gasteiger partial charge in [0.25, 0.3) is 11.8 Å². The third-order valence-electron chi connectivity index (χ3n) is 4.86. The lowest BCUT2D eigenvalue weighted by molar-refractivity contribution is -0.126. The van der Waals surface area contributed by atoms with Crippen LogP contribution in [0.3, 0.4) is 0 Å². The molecule has 2 aromatic carbocycles. The number of rotatable bonds is 12. The number of amides is 4. The summed E-state index contributed by atoms with van der Waals surface area (Å²) in [6.07, 6.45) is 0. The fourth-order valence-electron chi connectivity index (χ4n) is 2.96. The summed E-state index contributed by atoms with van der Waals surface area (Å²) >= 11 is 0. The van der Waals surface area contributed by atoms with E-state index in [1.165, 1.54) is 13.8 Å². The molecule has 38 heavy (non-hydrogen) atoms. The van der Waals surface area contributed by atoms with Crippen LogP contribution in [-0.4, -0.2) is 54.3 Å². The maximum atomic E-state index is 11.9. The van der Waals surface area contributed by atoms with Crippen molar-refractivity contribution in [2.45, 2.75) is 51.5 Å². The van der Waals surface area contributed by atoms with Crippen LogP contribution in [0, 0.1) is 0 Å². The van der Waals surface area contributed by atoms with Crippen LogP contribution in [0.4, 0.5) is 0 Å². The summed E-state index contributed by atoms with van der Waals surface area (Å²) in [5, 5.41) is 8.19. The van der Waals surface area contributed by atoms with E-state index < -0.39 is 44.2 Å².